The number of hydrogen-bond acceptors (Lipinski definition) is 5. The van der Waals surface area contributed by atoms with Crippen LogP contribution >= 0.6 is 39.9 Å². The first-order valence-electron chi connectivity index (χ1n) is 10.9. The molecule has 3 aromatic carbocycles. The lowest BCUT2D eigenvalue weighted by Gasteiger charge is -2.16. The summed E-state index contributed by atoms with van der Waals surface area (Å²) in [6.07, 6.45) is 1.79. The third kappa shape index (κ3) is 5.83. The number of carbonyl (C=O) groups is 2. The zero-order valence-electron chi connectivity index (χ0n) is 19.4. The number of benzene rings is 3. The van der Waals surface area contributed by atoms with Crippen molar-refractivity contribution in [3.05, 3.63) is 92.3 Å². The molecule has 0 atom stereocenters. The molecule has 0 saturated carbocycles. The van der Waals surface area contributed by atoms with Gasteiger partial charge in [0.25, 0.3) is 11.8 Å². The van der Waals surface area contributed by atoms with Crippen molar-refractivity contribution in [1.82, 2.24) is 0 Å². The van der Waals surface area contributed by atoms with Gasteiger partial charge < -0.3 is 10.1 Å². The van der Waals surface area contributed by atoms with Crippen molar-refractivity contribution >= 4 is 73.5 Å². The Morgan fingerprint density at radius 2 is 1.77 bits per heavy atom. The minimum absolute atomic E-state index is 0.131. The number of nitrogens with zero attached hydrogens (tertiary/aromatic N) is 1. The Kier molecular flexibility index (Phi) is 7.74. The van der Waals surface area contributed by atoms with E-state index in [4.69, 9.17) is 17.0 Å². The molecule has 0 aromatic heterocycles. The molecule has 5 nitrogen and oxygen atoms in total. The Morgan fingerprint density at radius 3 is 2.49 bits per heavy atom. The van der Waals surface area contributed by atoms with Crippen molar-refractivity contribution in [2.24, 2.45) is 0 Å². The van der Waals surface area contributed by atoms with Crippen molar-refractivity contribution in [2.75, 3.05) is 16.8 Å². The topological polar surface area (TPSA) is 58.6 Å². The Hall–Kier alpha value is -2.94. The summed E-state index contributed by atoms with van der Waals surface area (Å²) in [6.45, 7) is 5.71. The number of thioether (sulfide) groups is 1. The van der Waals surface area contributed by atoms with Gasteiger partial charge in [-0.25, -0.2) is 0 Å². The van der Waals surface area contributed by atoms with E-state index in [1.165, 1.54) is 11.8 Å². The zero-order valence-corrected chi connectivity index (χ0v) is 22.6. The standard InChI is InChI=1S/C27H23BrN2O3S2/c1-16-7-4-5-10-22(16)30-26(32)23(35-27(30)34)14-19-8-6-9-21(13-19)33-15-24(31)29-25-17(2)11-20(28)12-18(25)3/h4-14H,15H2,1-3H3,(H,29,31)/b23-14-. The van der Waals surface area contributed by atoms with E-state index < -0.39 is 0 Å². The molecule has 0 unspecified atom stereocenters. The number of halogens is 1. The van der Waals surface area contributed by atoms with Crippen LogP contribution in [0.1, 0.15) is 22.3 Å². The predicted octanol–water partition coefficient (Wildman–Crippen LogP) is 6.80. The van der Waals surface area contributed by atoms with E-state index in [2.05, 4.69) is 21.2 Å². The van der Waals surface area contributed by atoms with Gasteiger partial charge in [-0.15, -0.1) is 0 Å². The Morgan fingerprint density at radius 1 is 1.06 bits per heavy atom. The van der Waals surface area contributed by atoms with Gasteiger partial charge in [-0.1, -0.05) is 70.2 Å². The quantitative estimate of drug-likeness (QED) is 0.262. The Bertz CT molecular complexity index is 1350. The maximum Gasteiger partial charge on any atom is 0.270 e. The Labute approximate surface area is 222 Å². The van der Waals surface area contributed by atoms with Crippen LogP contribution in [0.15, 0.2) is 70.0 Å². The zero-order chi connectivity index (χ0) is 25.1. The number of para-hydroxylation sites is 1. The number of aryl methyl sites for hydroxylation is 3. The summed E-state index contributed by atoms with van der Waals surface area (Å²) in [6, 6.07) is 18.8. The first kappa shape index (κ1) is 25.2. The molecule has 3 aromatic rings. The summed E-state index contributed by atoms with van der Waals surface area (Å²) >= 11 is 10.2. The fraction of sp³-hybridized carbons (Fsp3) is 0.148. The van der Waals surface area contributed by atoms with E-state index in [0.717, 1.165) is 38.1 Å². The number of ether oxygens (including phenoxy) is 1. The van der Waals surface area contributed by atoms with Crippen LogP contribution in [0.2, 0.25) is 0 Å². The van der Waals surface area contributed by atoms with Crippen molar-refractivity contribution < 1.29 is 14.3 Å². The number of nitrogens with one attached hydrogen (secondary N) is 1. The van der Waals surface area contributed by atoms with Crippen molar-refractivity contribution in [3.8, 4) is 5.75 Å². The van der Waals surface area contributed by atoms with Gasteiger partial charge >= 0.3 is 0 Å². The molecule has 1 heterocycles. The van der Waals surface area contributed by atoms with Gasteiger partial charge in [0.15, 0.2) is 10.9 Å². The van der Waals surface area contributed by atoms with Crippen molar-refractivity contribution in [3.63, 3.8) is 0 Å². The highest BCUT2D eigenvalue weighted by Crippen LogP contribution is 2.37. The van der Waals surface area contributed by atoms with Gasteiger partial charge in [-0.2, -0.15) is 0 Å². The monoisotopic (exact) mass is 566 g/mol. The normalized spacial score (nSPS) is 14.5. The lowest BCUT2D eigenvalue weighted by Crippen LogP contribution is -2.28. The molecule has 178 valence electrons. The third-order valence-electron chi connectivity index (χ3n) is 5.44. The fourth-order valence-electron chi connectivity index (χ4n) is 3.77. The highest BCUT2D eigenvalue weighted by atomic mass is 79.9. The maximum atomic E-state index is 13.1. The molecule has 8 heteroatoms. The highest BCUT2D eigenvalue weighted by molar-refractivity contribution is 9.10. The van der Waals surface area contributed by atoms with E-state index in [-0.39, 0.29) is 18.4 Å². The highest BCUT2D eigenvalue weighted by Gasteiger charge is 2.33. The lowest BCUT2D eigenvalue weighted by molar-refractivity contribution is -0.118. The van der Waals surface area contributed by atoms with Crippen LogP contribution in [0.25, 0.3) is 6.08 Å². The summed E-state index contributed by atoms with van der Waals surface area (Å²) in [7, 11) is 0. The molecule has 1 saturated heterocycles. The molecular formula is C27H23BrN2O3S2. The molecule has 0 bridgehead atoms. The van der Waals surface area contributed by atoms with E-state index in [0.29, 0.717) is 15.0 Å². The Balaban J connectivity index is 1.44. The number of anilines is 2. The molecule has 1 fully saturated rings. The summed E-state index contributed by atoms with van der Waals surface area (Å²) in [5.41, 5.74) is 5.27. The largest absolute Gasteiger partial charge is 0.484 e. The molecule has 1 N–H and O–H groups in total. The van der Waals surface area contributed by atoms with Gasteiger partial charge in [0.2, 0.25) is 0 Å². The SMILES string of the molecule is Cc1ccccc1N1C(=O)/C(=C/c2cccc(OCC(=O)Nc3c(C)cc(Br)cc3C)c2)SC1=S. The van der Waals surface area contributed by atoms with E-state index in [1.54, 1.807) is 23.1 Å². The molecular weight excluding hydrogens is 544 g/mol. The molecule has 4 rings (SSSR count). The van der Waals surface area contributed by atoms with Crippen LogP contribution in [0.3, 0.4) is 0 Å². The summed E-state index contributed by atoms with van der Waals surface area (Å²) in [5, 5.41) is 2.92. The average molecular weight is 568 g/mol. The summed E-state index contributed by atoms with van der Waals surface area (Å²) in [5.74, 6) is 0.135. The first-order chi connectivity index (χ1) is 16.7. The molecule has 0 aliphatic carbocycles. The van der Waals surface area contributed by atoms with E-state index in [1.807, 2.05) is 69.3 Å². The van der Waals surface area contributed by atoms with Crippen molar-refractivity contribution in [1.29, 1.82) is 0 Å². The van der Waals surface area contributed by atoms with Gasteiger partial charge in [0.05, 0.1) is 10.6 Å². The molecule has 35 heavy (non-hydrogen) atoms. The molecule has 1 aliphatic heterocycles. The second kappa shape index (κ2) is 10.8. The number of hydrogen-bond donors (Lipinski definition) is 1. The number of thiocarbonyl (C=S) groups is 1. The van der Waals surface area contributed by atoms with E-state index >= 15 is 0 Å². The number of amides is 2. The van der Waals surface area contributed by atoms with Crippen LogP contribution in [0.5, 0.6) is 5.75 Å². The van der Waals surface area contributed by atoms with Gasteiger partial charge in [-0.3, -0.25) is 14.5 Å². The first-order valence-corrected chi connectivity index (χ1v) is 12.9. The van der Waals surface area contributed by atoms with Crippen LogP contribution < -0.4 is 15.0 Å². The minimum atomic E-state index is -0.247. The van der Waals surface area contributed by atoms with Crippen LogP contribution in [-0.2, 0) is 9.59 Å². The minimum Gasteiger partial charge on any atom is -0.484 e. The molecule has 0 spiro atoms. The average Bonchev–Trinajstić information content (AvgIpc) is 3.08. The smallest absolute Gasteiger partial charge is 0.270 e. The fourth-order valence-corrected chi connectivity index (χ4v) is 5.74. The maximum absolute atomic E-state index is 13.1. The van der Waals surface area contributed by atoms with Crippen LogP contribution in [0, 0.1) is 20.8 Å². The lowest BCUT2D eigenvalue weighted by atomic mass is 10.1. The van der Waals surface area contributed by atoms with Gasteiger partial charge in [0.1, 0.15) is 5.75 Å². The summed E-state index contributed by atoms with van der Waals surface area (Å²) in [4.78, 5) is 27.7. The number of carbonyl (C=O) groups excluding carboxylic acids is 2. The molecule has 1 aliphatic rings. The second-order valence-corrected chi connectivity index (χ2v) is 10.7. The molecule has 0 radical (unpaired) electrons. The molecule has 2 amide bonds. The van der Waals surface area contributed by atoms with Gasteiger partial charge in [0, 0.05) is 10.2 Å². The van der Waals surface area contributed by atoms with Crippen LogP contribution in [0.4, 0.5) is 11.4 Å². The second-order valence-electron chi connectivity index (χ2n) is 8.13. The van der Waals surface area contributed by atoms with E-state index in [9.17, 15) is 9.59 Å². The van der Waals surface area contributed by atoms with Crippen molar-refractivity contribution in [2.45, 2.75) is 20.8 Å². The van der Waals surface area contributed by atoms with Gasteiger partial charge in [-0.05, 0) is 79.4 Å². The van der Waals surface area contributed by atoms with Crippen LogP contribution in [-0.4, -0.2) is 22.7 Å². The number of rotatable bonds is 6. The predicted molar refractivity (Wildman–Crippen MR) is 151 cm³/mol. The third-order valence-corrected chi connectivity index (χ3v) is 7.20. The summed E-state index contributed by atoms with van der Waals surface area (Å²) < 4.78 is 7.19.